The van der Waals surface area contributed by atoms with Crippen molar-refractivity contribution < 1.29 is 9.53 Å². The van der Waals surface area contributed by atoms with Gasteiger partial charge in [-0.25, -0.2) is 9.78 Å². The monoisotopic (exact) mass is 298 g/mol. The van der Waals surface area contributed by atoms with Crippen LogP contribution in [-0.4, -0.2) is 32.8 Å². The third-order valence-corrected chi connectivity index (χ3v) is 3.40. The number of rotatable bonds is 2. The van der Waals surface area contributed by atoms with E-state index in [1.165, 1.54) is 7.11 Å². The molecule has 0 aliphatic rings. The molecular formula is C15H14N4O3. The van der Waals surface area contributed by atoms with Crippen molar-refractivity contribution in [3.05, 3.63) is 46.1 Å². The van der Waals surface area contributed by atoms with Crippen LogP contribution in [0.3, 0.4) is 0 Å². The van der Waals surface area contributed by atoms with Crippen LogP contribution in [0.1, 0.15) is 16.1 Å². The molecule has 1 aromatic carbocycles. The number of hydrogen-bond donors (Lipinski definition) is 1. The predicted octanol–water partition coefficient (Wildman–Crippen LogP) is 1.42. The summed E-state index contributed by atoms with van der Waals surface area (Å²) in [7, 11) is 3.11. The van der Waals surface area contributed by atoms with Gasteiger partial charge in [-0.1, -0.05) is 0 Å². The number of ether oxygens (including phenoxy) is 1. The third kappa shape index (κ3) is 2.26. The molecule has 0 bridgehead atoms. The van der Waals surface area contributed by atoms with Crippen molar-refractivity contribution in [3.63, 3.8) is 0 Å². The van der Waals surface area contributed by atoms with Crippen molar-refractivity contribution >= 4 is 17.0 Å². The van der Waals surface area contributed by atoms with Crippen molar-refractivity contribution in [1.82, 2.24) is 19.7 Å². The SMILES string of the molecule is COC(=O)c1cc(-c2cnn(C)c2)c2nc(C)c(=O)[nH]c2c1. The van der Waals surface area contributed by atoms with Crippen molar-refractivity contribution in [2.24, 2.45) is 7.05 Å². The number of aryl methyl sites for hydroxylation is 2. The van der Waals surface area contributed by atoms with Crippen molar-refractivity contribution in [1.29, 1.82) is 0 Å². The first-order valence-corrected chi connectivity index (χ1v) is 6.61. The Hall–Kier alpha value is -2.96. The van der Waals surface area contributed by atoms with E-state index in [4.69, 9.17) is 4.74 Å². The van der Waals surface area contributed by atoms with E-state index in [1.807, 2.05) is 6.20 Å². The number of esters is 1. The summed E-state index contributed by atoms with van der Waals surface area (Å²) in [4.78, 5) is 30.7. The Morgan fingerprint density at radius 1 is 1.36 bits per heavy atom. The second-order valence-corrected chi connectivity index (χ2v) is 4.97. The van der Waals surface area contributed by atoms with E-state index in [2.05, 4.69) is 15.1 Å². The first kappa shape index (κ1) is 14.0. The second kappa shape index (κ2) is 5.10. The molecule has 3 aromatic rings. The number of H-pyrrole nitrogens is 1. The van der Waals surface area contributed by atoms with Crippen molar-refractivity contribution in [3.8, 4) is 11.1 Å². The number of carbonyl (C=O) groups is 1. The zero-order valence-electron chi connectivity index (χ0n) is 12.4. The van der Waals surface area contributed by atoms with Gasteiger partial charge in [0.2, 0.25) is 0 Å². The maximum atomic E-state index is 11.8. The molecule has 2 aromatic heterocycles. The maximum Gasteiger partial charge on any atom is 0.337 e. The molecule has 2 heterocycles. The summed E-state index contributed by atoms with van der Waals surface area (Å²) < 4.78 is 6.42. The standard InChI is InChI=1S/C15H14N4O3/c1-8-14(20)18-12-5-9(15(21)22-3)4-11(13(12)17-8)10-6-16-19(2)7-10/h4-7H,1-3H3,(H,18,20). The average Bonchev–Trinajstić information content (AvgIpc) is 2.93. The number of methoxy groups -OCH3 is 1. The highest BCUT2D eigenvalue weighted by Gasteiger charge is 2.15. The highest BCUT2D eigenvalue weighted by Crippen LogP contribution is 2.27. The number of carbonyl (C=O) groups excluding carboxylic acids is 1. The van der Waals surface area contributed by atoms with Gasteiger partial charge in [-0.15, -0.1) is 0 Å². The lowest BCUT2D eigenvalue weighted by atomic mass is 10.0. The predicted molar refractivity (Wildman–Crippen MR) is 80.6 cm³/mol. The van der Waals surface area contributed by atoms with Gasteiger partial charge in [-0.2, -0.15) is 5.10 Å². The van der Waals surface area contributed by atoms with E-state index in [0.29, 0.717) is 27.9 Å². The number of benzene rings is 1. The summed E-state index contributed by atoms with van der Waals surface area (Å²) in [5.74, 6) is -0.478. The first-order valence-electron chi connectivity index (χ1n) is 6.61. The number of nitrogens with one attached hydrogen (secondary N) is 1. The van der Waals surface area contributed by atoms with Gasteiger partial charge in [0.05, 0.1) is 29.9 Å². The molecule has 0 amide bonds. The highest BCUT2D eigenvalue weighted by molar-refractivity contribution is 6.00. The van der Waals surface area contributed by atoms with Gasteiger partial charge in [0, 0.05) is 24.4 Å². The summed E-state index contributed by atoms with van der Waals surface area (Å²) in [6, 6.07) is 3.25. The minimum Gasteiger partial charge on any atom is -0.465 e. The quantitative estimate of drug-likeness (QED) is 0.723. The van der Waals surface area contributed by atoms with Crippen LogP contribution in [0.25, 0.3) is 22.2 Å². The van der Waals surface area contributed by atoms with Crippen LogP contribution < -0.4 is 5.56 Å². The largest absolute Gasteiger partial charge is 0.465 e. The van der Waals surface area contributed by atoms with E-state index in [0.717, 1.165) is 5.56 Å². The fraction of sp³-hybridized carbons (Fsp3) is 0.200. The van der Waals surface area contributed by atoms with Crippen LogP contribution >= 0.6 is 0 Å². The number of aromatic amines is 1. The molecule has 0 unspecified atom stereocenters. The van der Waals surface area contributed by atoms with Crippen LogP contribution in [-0.2, 0) is 11.8 Å². The number of fused-ring (bicyclic) bond motifs is 1. The molecule has 0 saturated carbocycles. The Morgan fingerprint density at radius 3 is 2.77 bits per heavy atom. The zero-order chi connectivity index (χ0) is 15.9. The van der Waals surface area contributed by atoms with Crippen LogP contribution in [0.15, 0.2) is 29.3 Å². The Bertz CT molecular complexity index is 940. The zero-order valence-corrected chi connectivity index (χ0v) is 12.4. The normalized spacial score (nSPS) is 10.9. The molecule has 0 atom stereocenters. The van der Waals surface area contributed by atoms with E-state index in [9.17, 15) is 9.59 Å². The fourth-order valence-corrected chi connectivity index (χ4v) is 2.30. The van der Waals surface area contributed by atoms with E-state index < -0.39 is 5.97 Å². The number of aromatic nitrogens is 4. The summed E-state index contributed by atoms with van der Waals surface area (Å²) in [6.07, 6.45) is 3.50. The Morgan fingerprint density at radius 2 is 2.14 bits per heavy atom. The van der Waals surface area contributed by atoms with Gasteiger partial charge in [0.1, 0.15) is 5.69 Å². The number of nitrogens with zero attached hydrogens (tertiary/aromatic N) is 3. The van der Waals surface area contributed by atoms with Gasteiger partial charge < -0.3 is 9.72 Å². The Balaban J connectivity index is 2.38. The average molecular weight is 298 g/mol. The van der Waals surface area contributed by atoms with E-state index in [-0.39, 0.29) is 5.56 Å². The third-order valence-electron chi connectivity index (χ3n) is 3.40. The molecule has 112 valence electrons. The molecule has 0 saturated heterocycles. The van der Waals surface area contributed by atoms with Crippen molar-refractivity contribution in [2.45, 2.75) is 6.92 Å². The van der Waals surface area contributed by atoms with Gasteiger partial charge >= 0.3 is 5.97 Å². The lowest BCUT2D eigenvalue weighted by Crippen LogP contribution is -2.13. The fourth-order valence-electron chi connectivity index (χ4n) is 2.30. The Labute approximate surface area is 125 Å². The van der Waals surface area contributed by atoms with Gasteiger partial charge in [-0.05, 0) is 19.1 Å². The maximum absolute atomic E-state index is 11.8. The first-order chi connectivity index (χ1) is 10.5. The lowest BCUT2D eigenvalue weighted by molar-refractivity contribution is 0.0601. The molecule has 0 aliphatic heterocycles. The lowest BCUT2D eigenvalue weighted by Gasteiger charge is -2.08. The molecule has 0 fully saturated rings. The van der Waals surface area contributed by atoms with Crippen LogP contribution in [0.2, 0.25) is 0 Å². The molecule has 0 radical (unpaired) electrons. The number of hydrogen-bond acceptors (Lipinski definition) is 5. The minimum atomic E-state index is -0.478. The molecule has 0 aliphatic carbocycles. The molecule has 0 spiro atoms. The Kier molecular flexibility index (Phi) is 3.25. The smallest absolute Gasteiger partial charge is 0.337 e. The van der Waals surface area contributed by atoms with Crippen molar-refractivity contribution in [2.75, 3.05) is 7.11 Å². The molecule has 7 nitrogen and oxygen atoms in total. The van der Waals surface area contributed by atoms with E-state index in [1.54, 1.807) is 37.0 Å². The van der Waals surface area contributed by atoms with Crippen LogP contribution in [0, 0.1) is 6.92 Å². The highest BCUT2D eigenvalue weighted by atomic mass is 16.5. The van der Waals surface area contributed by atoms with Gasteiger partial charge in [0.15, 0.2) is 0 Å². The van der Waals surface area contributed by atoms with Crippen LogP contribution in [0.4, 0.5) is 0 Å². The summed E-state index contributed by atoms with van der Waals surface area (Å²) >= 11 is 0. The van der Waals surface area contributed by atoms with Gasteiger partial charge in [-0.3, -0.25) is 9.48 Å². The molecule has 3 rings (SSSR count). The molecule has 1 N–H and O–H groups in total. The van der Waals surface area contributed by atoms with Gasteiger partial charge in [0.25, 0.3) is 5.56 Å². The van der Waals surface area contributed by atoms with Crippen LogP contribution in [0.5, 0.6) is 0 Å². The summed E-state index contributed by atoms with van der Waals surface area (Å²) in [5, 5.41) is 4.14. The molecule has 7 heteroatoms. The summed E-state index contributed by atoms with van der Waals surface area (Å²) in [6.45, 7) is 1.64. The molecule has 22 heavy (non-hydrogen) atoms. The second-order valence-electron chi connectivity index (χ2n) is 4.97. The minimum absolute atomic E-state index is 0.286. The topological polar surface area (TPSA) is 89.9 Å². The summed E-state index contributed by atoms with van der Waals surface area (Å²) in [5.41, 5.74) is 3.03. The molecular weight excluding hydrogens is 284 g/mol. The van der Waals surface area contributed by atoms with E-state index >= 15 is 0 Å².